The molecule has 2 aromatic heterocycles. The number of aromatic nitrogens is 3. The summed E-state index contributed by atoms with van der Waals surface area (Å²) in [5, 5.41) is 27.6. The largest absolute Gasteiger partial charge is 0.390 e. The van der Waals surface area contributed by atoms with Crippen molar-refractivity contribution < 1.29 is 33.8 Å². The third-order valence-corrected chi connectivity index (χ3v) is 12.2. The highest BCUT2D eigenvalue weighted by Gasteiger charge is 2.37. The van der Waals surface area contributed by atoms with Crippen molar-refractivity contribution in [2.45, 2.75) is 81.8 Å². The third-order valence-electron chi connectivity index (χ3n) is 12.2. The molecule has 0 saturated carbocycles. The molecule has 4 aromatic carbocycles. The summed E-state index contributed by atoms with van der Waals surface area (Å²) in [4.78, 5) is 100. The fourth-order valence-electron chi connectivity index (χ4n) is 8.28. The van der Waals surface area contributed by atoms with Gasteiger partial charge in [-0.25, -0.2) is 9.59 Å². The van der Waals surface area contributed by atoms with Crippen LogP contribution in [0.1, 0.15) is 30.0 Å². The molecule has 0 aliphatic carbocycles. The van der Waals surface area contributed by atoms with Crippen molar-refractivity contribution in [1.29, 1.82) is 0 Å². The van der Waals surface area contributed by atoms with E-state index >= 15 is 0 Å². The zero-order chi connectivity index (χ0) is 48.3. The Bertz CT molecular complexity index is 2860. The van der Waals surface area contributed by atoms with Gasteiger partial charge in [0, 0.05) is 68.8 Å². The predicted octanol–water partition coefficient (Wildman–Crippen LogP) is 0.934. The first-order valence-corrected chi connectivity index (χ1v) is 22.3. The molecule has 6 amide bonds. The first kappa shape index (κ1) is 48.3. The van der Waals surface area contributed by atoms with Crippen LogP contribution in [0.3, 0.4) is 0 Å². The maximum absolute atomic E-state index is 14.6. The Morgan fingerprint density at radius 1 is 0.824 bits per heavy atom. The summed E-state index contributed by atoms with van der Waals surface area (Å²) in [5.41, 5.74) is 7.62. The Morgan fingerprint density at radius 2 is 1.53 bits per heavy atom. The lowest BCUT2D eigenvalue weighted by molar-refractivity contribution is -0.136. The standard InChI is InChI=1S/C49H56N10O9/c1-29(58(2)43(62)24-50)44(47(65)53-27-35-23-40(60)41(68-35)28-59-19-18-42(61)56-49(59)67)57-46(64)38(21-31-16-17-32-12-6-7-13-33(32)20-31)54-48(66)55-39(45(63)52-25-30-10-4-3-5-11-30)22-34-26-51-37-15-9-8-14-36(34)37/h3-20,26,29,35,38-41,44,51,60H,21-25,27-28,50H2,1-2H3,(H,52,63)(H,53,65)(H,57,64)(H2,54,55,66)(H,56,61,67)/t29-,35?,38-,39-,40+,41-,44-/m0/s1. The van der Waals surface area contributed by atoms with E-state index in [1.807, 2.05) is 97.1 Å². The number of hydrogen-bond acceptors (Lipinski definition) is 10. The first-order chi connectivity index (χ1) is 32.8. The monoisotopic (exact) mass is 928 g/mol. The molecule has 10 N–H and O–H groups in total. The SMILES string of the molecule is C[C@@H]([C@H](NC(=O)[C@H](Cc1ccc2ccccc2c1)NC(=O)N[C@@H](Cc1c[nH]c2ccccc12)C(=O)NCc1ccccc1)C(=O)NCC1C[C@@H](O)[C@H](Cn2ccc(=O)[nH]c2=O)O1)N(C)C(=O)CN. The molecule has 6 aromatic rings. The number of aliphatic hydroxyl groups is 1. The molecule has 7 atom stereocenters. The van der Waals surface area contributed by atoms with Crippen molar-refractivity contribution in [3.8, 4) is 0 Å². The summed E-state index contributed by atoms with van der Waals surface area (Å²) in [6.07, 6.45) is 0.684. The summed E-state index contributed by atoms with van der Waals surface area (Å²) >= 11 is 0. The van der Waals surface area contributed by atoms with Crippen LogP contribution in [0.2, 0.25) is 0 Å². The van der Waals surface area contributed by atoms with E-state index in [-0.39, 0.29) is 45.4 Å². The van der Waals surface area contributed by atoms with Gasteiger partial charge in [0.05, 0.1) is 31.3 Å². The molecule has 0 spiro atoms. The maximum Gasteiger partial charge on any atom is 0.328 e. The fraction of sp³-hybridized carbons (Fsp3) is 0.327. The molecule has 19 nitrogen and oxygen atoms in total. The van der Waals surface area contributed by atoms with E-state index in [0.717, 1.165) is 32.8 Å². The molecule has 356 valence electrons. The second kappa shape index (κ2) is 22.3. The predicted molar refractivity (Wildman–Crippen MR) is 254 cm³/mol. The van der Waals surface area contributed by atoms with E-state index in [1.165, 1.54) is 28.8 Å². The summed E-state index contributed by atoms with van der Waals surface area (Å²) in [6, 6.07) is 25.7. The second-order valence-electron chi connectivity index (χ2n) is 16.9. The van der Waals surface area contributed by atoms with E-state index in [2.05, 4.69) is 36.6 Å². The van der Waals surface area contributed by atoms with Gasteiger partial charge in [0.2, 0.25) is 23.6 Å². The van der Waals surface area contributed by atoms with Crippen molar-refractivity contribution in [2.24, 2.45) is 5.73 Å². The van der Waals surface area contributed by atoms with Gasteiger partial charge >= 0.3 is 11.7 Å². The molecule has 0 bridgehead atoms. The molecule has 1 unspecified atom stereocenters. The van der Waals surface area contributed by atoms with Gasteiger partial charge in [-0.3, -0.25) is 33.5 Å². The Morgan fingerprint density at radius 3 is 2.28 bits per heavy atom. The number of H-pyrrole nitrogens is 2. The summed E-state index contributed by atoms with van der Waals surface area (Å²) in [7, 11) is 1.45. The Labute approximate surface area is 390 Å². The number of likely N-dealkylation sites (N-methyl/N-ethyl adjacent to an activating group) is 1. The third kappa shape index (κ3) is 12.2. The average Bonchev–Trinajstić information content (AvgIpc) is 3.92. The van der Waals surface area contributed by atoms with Crippen LogP contribution in [0.25, 0.3) is 21.7 Å². The highest BCUT2D eigenvalue weighted by Crippen LogP contribution is 2.22. The normalized spacial score (nSPS) is 17.4. The minimum atomic E-state index is -1.40. The molecule has 1 aliphatic heterocycles. The van der Waals surface area contributed by atoms with Crippen LogP contribution in [0.5, 0.6) is 0 Å². The first-order valence-electron chi connectivity index (χ1n) is 22.3. The van der Waals surface area contributed by atoms with Crippen LogP contribution in [0.15, 0.2) is 125 Å². The lowest BCUT2D eigenvalue weighted by Gasteiger charge is -2.33. The van der Waals surface area contributed by atoms with Gasteiger partial charge < -0.3 is 52.0 Å². The van der Waals surface area contributed by atoms with Crippen LogP contribution in [-0.2, 0) is 49.8 Å². The number of fused-ring (bicyclic) bond motifs is 2. The molecule has 68 heavy (non-hydrogen) atoms. The van der Waals surface area contributed by atoms with E-state index in [1.54, 1.807) is 13.1 Å². The lowest BCUT2D eigenvalue weighted by atomic mass is 10.00. The number of nitrogens with one attached hydrogen (secondary N) is 7. The van der Waals surface area contributed by atoms with Gasteiger partial charge in [0.25, 0.3) is 5.56 Å². The number of nitrogens with zero attached hydrogens (tertiary/aromatic N) is 2. The minimum absolute atomic E-state index is 0.0364. The number of aliphatic hydroxyl groups excluding tert-OH is 1. The van der Waals surface area contributed by atoms with Crippen molar-refractivity contribution in [2.75, 3.05) is 20.1 Å². The highest BCUT2D eigenvalue weighted by molar-refractivity contribution is 5.94. The van der Waals surface area contributed by atoms with Gasteiger partial charge in [0.1, 0.15) is 24.2 Å². The van der Waals surface area contributed by atoms with Gasteiger partial charge in [-0.05, 0) is 40.5 Å². The number of para-hydroxylation sites is 1. The van der Waals surface area contributed by atoms with E-state index < -0.39 is 83.4 Å². The quantitative estimate of drug-likeness (QED) is 0.0555. The zero-order valence-electron chi connectivity index (χ0n) is 37.6. The number of benzene rings is 4. The molecule has 1 saturated heterocycles. The Kier molecular flexibility index (Phi) is 15.8. The number of carbonyl (C=O) groups is 5. The van der Waals surface area contributed by atoms with Crippen molar-refractivity contribution >= 4 is 51.3 Å². The zero-order valence-corrected chi connectivity index (χ0v) is 37.6. The van der Waals surface area contributed by atoms with Crippen molar-refractivity contribution in [1.82, 2.24) is 46.0 Å². The molecule has 7 rings (SSSR count). The number of ether oxygens (including phenoxy) is 1. The maximum atomic E-state index is 14.6. The number of aromatic amines is 2. The van der Waals surface area contributed by atoms with Crippen LogP contribution < -0.4 is 43.6 Å². The molecule has 0 radical (unpaired) electrons. The van der Waals surface area contributed by atoms with Crippen LogP contribution >= 0.6 is 0 Å². The Hall–Kier alpha value is -7.61. The number of nitrogens with two attached hydrogens (primary N) is 1. The number of hydrogen-bond donors (Lipinski definition) is 9. The molecular weight excluding hydrogens is 873 g/mol. The Balaban J connectivity index is 1.11. The van der Waals surface area contributed by atoms with Gasteiger partial charge in [-0.15, -0.1) is 0 Å². The minimum Gasteiger partial charge on any atom is -0.390 e. The smallest absolute Gasteiger partial charge is 0.328 e. The van der Waals surface area contributed by atoms with Gasteiger partial charge in [0.15, 0.2) is 0 Å². The molecule has 1 aliphatic rings. The topological polar surface area (TPSA) is 275 Å². The summed E-state index contributed by atoms with van der Waals surface area (Å²) in [6.45, 7) is 1.21. The van der Waals surface area contributed by atoms with Gasteiger partial charge in [-0.2, -0.15) is 0 Å². The molecule has 1 fully saturated rings. The van der Waals surface area contributed by atoms with Crippen molar-refractivity contribution in [3.63, 3.8) is 0 Å². The second-order valence-corrected chi connectivity index (χ2v) is 16.9. The number of urea groups is 1. The van der Waals surface area contributed by atoms with Crippen LogP contribution in [0, 0.1) is 0 Å². The molecule has 3 heterocycles. The van der Waals surface area contributed by atoms with E-state index in [0.29, 0.717) is 5.56 Å². The van der Waals surface area contributed by atoms with Gasteiger partial charge in [-0.1, -0.05) is 91.0 Å². The molecule has 19 heteroatoms. The molecular formula is C49H56N10O9. The van der Waals surface area contributed by atoms with Crippen LogP contribution in [-0.4, -0.2) is 117 Å². The number of carbonyl (C=O) groups excluding carboxylic acids is 5. The van der Waals surface area contributed by atoms with E-state index in [9.17, 15) is 38.7 Å². The summed E-state index contributed by atoms with van der Waals surface area (Å²) in [5.74, 6) is -2.44. The van der Waals surface area contributed by atoms with E-state index in [4.69, 9.17) is 10.5 Å². The lowest BCUT2D eigenvalue weighted by Crippen LogP contribution is -2.62. The fourth-order valence-corrected chi connectivity index (χ4v) is 8.28. The highest BCUT2D eigenvalue weighted by atomic mass is 16.5. The summed E-state index contributed by atoms with van der Waals surface area (Å²) < 4.78 is 7.18. The number of rotatable bonds is 19. The number of amides is 6. The average molecular weight is 929 g/mol. The van der Waals surface area contributed by atoms with Crippen LogP contribution in [0.4, 0.5) is 4.79 Å². The van der Waals surface area contributed by atoms with Crippen molar-refractivity contribution in [3.05, 3.63) is 153 Å².